The van der Waals surface area contributed by atoms with Crippen LogP contribution in [0.4, 0.5) is 21.0 Å². The molecule has 2 aromatic rings. The number of rotatable bonds is 12. The molecule has 0 spiro atoms. The van der Waals surface area contributed by atoms with E-state index in [0.29, 0.717) is 35.7 Å². The number of non-ortho nitro benzene ring substituents is 2. The van der Waals surface area contributed by atoms with Crippen LogP contribution in [0.5, 0.6) is 0 Å². The predicted molar refractivity (Wildman–Crippen MR) is 120 cm³/mol. The summed E-state index contributed by atoms with van der Waals surface area (Å²) >= 11 is 1.51. The topological polar surface area (TPSA) is 163 Å². The highest BCUT2D eigenvalue weighted by molar-refractivity contribution is 7.99. The van der Waals surface area contributed by atoms with E-state index < -0.39 is 22.0 Å². The molecule has 2 N–H and O–H groups in total. The molecule has 0 aliphatic heterocycles. The van der Waals surface area contributed by atoms with Gasteiger partial charge in [0.2, 0.25) is 0 Å². The van der Waals surface area contributed by atoms with Crippen molar-refractivity contribution in [2.24, 2.45) is 0 Å². The smallest absolute Gasteiger partial charge is 0.407 e. The second-order valence-corrected chi connectivity index (χ2v) is 7.69. The molecule has 2 amide bonds. The van der Waals surface area contributed by atoms with E-state index in [-0.39, 0.29) is 24.6 Å². The molecule has 0 aromatic heterocycles. The summed E-state index contributed by atoms with van der Waals surface area (Å²) in [7, 11) is 0. The van der Waals surface area contributed by atoms with Crippen LogP contribution in [0.3, 0.4) is 0 Å². The first-order valence-corrected chi connectivity index (χ1v) is 10.9. The average Bonchev–Trinajstić information content (AvgIpc) is 2.81. The number of alkyl carbamates (subject to hydrolysis) is 2. The van der Waals surface area contributed by atoms with Crippen molar-refractivity contribution in [3.8, 4) is 0 Å². The molecule has 176 valence electrons. The third-order valence-corrected chi connectivity index (χ3v) is 5.05. The molecule has 0 bridgehead atoms. The van der Waals surface area contributed by atoms with Crippen LogP contribution in [0.15, 0.2) is 48.5 Å². The van der Waals surface area contributed by atoms with E-state index in [0.717, 1.165) is 0 Å². The van der Waals surface area contributed by atoms with Crippen LogP contribution in [-0.4, -0.2) is 46.6 Å². The van der Waals surface area contributed by atoms with Crippen molar-refractivity contribution >= 4 is 35.3 Å². The van der Waals surface area contributed by atoms with Gasteiger partial charge in [-0.05, 0) is 35.4 Å². The molecule has 12 nitrogen and oxygen atoms in total. The van der Waals surface area contributed by atoms with Gasteiger partial charge in [-0.15, -0.1) is 0 Å². The maximum absolute atomic E-state index is 11.7. The summed E-state index contributed by atoms with van der Waals surface area (Å²) in [5, 5.41) is 26.4. The lowest BCUT2D eigenvalue weighted by Gasteiger charge is -2.08. The van der Waals surface area contributed by atoms with E-state index in [2.05, 4.69) is 10.6 Å². The molecule has 2 rings (SSSR count). The third-order valence-electron chi connectivity index (χ3n) is 4.07. The first-order chi connectivity index (χ1) is 15.8. The van der Waals surface area contributed by atoms with Crippen LogP contribution >= 0.6 is 11.8 Å². The minimum atomic E-state index is -0.595. The zero-order valence-corrected chi connectivity index (χ0v) is 18.2. The van der Waals surface area contributed by atoms with Crippen LogP contribution in [0.25, 0.3) is 0 Å². The lowest BCUT2D eigenvalue weighted by atomic mass is 10.2. The molecule has 0 saturated heterocycles. The van der Waals surface area contributed by atoms with E-state index in [1.165, 1.54) is 60.3 Å². The number of carbonyl (C=O) groups excluding carboxylic acids is 2. The van der Waals surface area contributed by atoms with Gasteiger partial charge in [0.05, 0.1) is 9.85 Å². The molecule has 0 radical (unpaired) electrons. The van der Waals surface area contributed by atoms with Gasteiger partial charge in [0.1, 0.15) is 13.2 Å². The Bertz CT molecular complexity index is 876. The van der Waals surface area contributed by atoms with Crippen molar-refractivity contribution in [2.45, 2.75) is 13.2 Å². The molecule has 33 heavy (non-hydrogen) atoms. The van der Waals surface area contributed by atoms with Gasteiger partial charge in [0.25, 0.3) is 11.4 Å². The zero-order chi connectivity index (χ0) is 24.1. The number of nitrogens with zero attached hydrogens (tertiary/aromatic N) is 2. The number of nitro groups is 2. The molecule has 0 atom stereocenters. The maximum atomic E-state index is 11.7. The highest BCUT2D eigenvalue weighted by atomic mass is 32.2. The van der Waals surface area contributed by atoms with E-state index in [1.54, 1.807) is 0 Å². The number of nitro benzene ring substituents is 2. The van der Waals surface area contributed by atoms with Crippen molar-refractivity contribution in [3.05, 3.63) is 79.9 Å². The fourth-order valence-corrected chi connectivity index (χ4v) is 3.08. The Balaban J connectivity index is 1.48. The third kappa shape index (κ3) is 9.86. The molecule has 0 unspecified atom stereocenters. The highest BCUT2D eigenvalue weighted by Crippen LogP contribution is 2.13. The van der Waals surface area contributed by atoms with Crippen LogP contribution < -0.4 is 10.6 Å². The molecule has 0 saturated carbocycles. The Morgan fingerprint density at radius 2 is 1.09 bits per heavy atom. The fraction of sp³-hybridized carbons (Fsp3) is 0.300. The number of hydrogen-bond acceptors (Lipinski definition) is 9. The van der Waals surface area contributed by atoms with Gasteiger partial charge < -0.3 is 20.1 Å². The average molecular weight is 478 g/mol. The number of thioether (sulfide) groups is 1. The summed E-state index contributed by atoms with van der Waals surface area (Å²) in [4.78, 5) is 43.5. The summed E-state index contributed by atoms with van der Waals surface area (Å²) in [5.41, 5.74) is 1.20. The summed E-state index contributed by atoms with van der Waals surface area (Å²) < 4.78 is 10.1. The first kappa shape index (κ1) is 25.4. The van der Waals surface area contributed by atoms with Crippen molar-refractivity contribution in [2.75, 3.05) is 24.6 Å². The van der Waals surface area contributed by atoms with Crippen LogP contribution in [0, 0.1) is 20.2 Å². The number of nitrogens with one attached hydrogen (secondary N) is 2. The van der Waals surface area contributed by atoms with E-state index in [1.807, 2.05) is 0 Å². The lowest BCUT2D eigenvalue weighted by Crippen LogP contribution is -2.28. The number of carbonyl (C=O) groups is 2. The summed E-state index contributed by atoms with van der Waals surface area (Å²) in [6.45, 7) is 0.744. The van der Waals surface area contributed by atoms with E-state index in [4.69, 9.17) is 9.47 Å². The molecule has 13 heteroatoms. The number of ether oxygens (including phenoxy) is 2. The SMILES string of the molecule is O=C(NCCSCCNC(=O)OCc1ccc([N+](=O)[O-])cc1)OCc1ccc([N+](=O)[O-])cc1. The van der Waals surface area contributed by atoms with E-state index >= 15 is 0 Å². The lowest BCUT2D eigenvalue weighted by molar-refractivity contribution is -0.385. The zero-order valence-electron chi connectivity index (χ0n) is 17.4. The monoisotopic (exact) mass is 478 g/mol. The number of amides is 2. The van der Waals surface area contributed by atoms with Crippen molar-refractivity contribution < 1.29 is 28.9 Å². The van der Waals surface area contributed by atoms with Crippen LogP contribution in [-0.2, 0) is 22.7 Å². The molecule has 0 heterocycles. The van der Waals surface area contributed by atoms with Gasteiger partial charge >= 0.3 is 12.2 Å². The van der Waals surface area contributed by atoms with Crippen LogP contribution in [0.2, 0.25) is 0 Å². The summed E-state index contributed by atoms with van der Waals surface area (Å²) in [6, 6.07) is 11.4. The summed E-state index contributed by atoms with van der Waals surface area (Å²) in [6.07, 6.45) is -1.19. The number of benzene rings is 2. The molecular formula is C20H22N4O8S. The Morgan fingerprint density at radius 3 is 1.42 bits per heavy atom. The molecule has 0 fully saturated rings. The second kappa shape index (κ2) is 13.5. The molecule has 0 aliphatic carbocycles. The molecule has 0 aliphatic rings. The predicted octanol–water partition coefficient (Wildman–Crippen LogP) is 3.39. The van der Waals surface area contributed by atoms with Gasteiger partial charge in [0.15, 0.2) is 0 Å². The van der Waals surface area contributed by atoms with Gasteiger partial charge in [0, 0.05) is 48.9 Å². The van der Waals surface area contributed by atoms with Gasteiger partial charge in [-0.25, -0.2) is 9.59 Å². The van der Waals surface area contributed by atoms with Crippen molar-refractivity contribution in [1.29, 1.82) is 0 Å². The highest BCUT2D eigenvalue weighted by Gasteiger charge is 2.07. The van der Waals surface area contributed by atoms with Gasteiger partial charge in [-0.1, -0.05) is 0 Å². The Morgan fingerprint density at radius 1 is 0.727 bits per heavy atom. The van der Waals surface area contributed by atoms with Gasteiger partial charge in [-0.2, -0.15) is 11.8 Å². The molecular weight excluding hydrogens is 456 g/mol. The quantitative estimate of drug-likeness (QED) is 0.264. The van der Waals surface area contributed by atoms with E-state index in [9.17, 15) is 29.8 Å². The second-order valence-electron chi connectivity index (χ2n) is 6.47. The maximum Gasteiger partial charge on any atom is 0.407 e. The largest absolute Gasteiger partial charge is 0.445 e. The molecule has 2 aromatic carbocycles. The van der Waals surface area contributed by atoms with Crippen molar-refractivity contribution in [1.82, 2.24) is 10.6 Å². The normalized spacial score (nSPS) is 10.2. The van der Waals surface area contributed by atoms with Crippen molar-refractivity contribution in [3.63, 3.8) is 0 Å². The summed E-state index contributed by atoms with van der Waals surface area (Å²) in [5.74, 6) is 1.21. The Hall–Kier alpha value is -3.87. The first-order valence-electron chi connectivity index (χ1n) is 9.71. The number of hydrogen-bond donors (Lipinski definition) is 2. The minimum Gasteiger partial charge on any atom is -0.445 e. The van der Waals surface area contributed by atoms with Gasteiger partial charge in [-0.3, -0.25) is 20.2 Å². The Labute approximate surface area is 192 Å². The minimum absolute atomic E-state index is 0.00285. The Kier molecular flexibility index (Phi) is 10.4. The standard InChI is InChI=1S/C20H22N4O8S/c25-19(31-13-15-1-5-17(6-2-15)23(27)28)21-9-11-33-12-10-22-20(26)32-14-16-3-7-18(8-4-16)24(29)30/h1-8H,9-14H2,(H,21,25)(H,22,26). The fourth-order valence-electron chi connectivity index (χ4n) is 2.38. The van der Waals surface area contributed by atoms with Crippen LogP contribution in [0.1, 0.15) is 11.1 Å².